The smallest absolute Gasteiger partial charge is 0.269 e. The molecule has 0 radical (unpaired) electrons. The second kappa shape index (κ2) is 13.1. The Morgan fingerprint density at radius 1 is 1.13 bits per heavy atom. The number of benzene rings is 1. The molecular formula is C24H38N4O2. The summed E-state index contributed by atoms with van der Waals surface area (Å²) in [7, 11) is 1.64. The summed E-state index contributed by atoms with van der Waals surface area (Å²) in [5.41, 5.74) is 2.12. The van der Waals surface area contributed by atoms with Gasteiger partial charge >= 0.3 is 0 Å². The van der Waals surface area contributed by atoms with E-state index in [2.05, 4.69) is 41.2 Å². The first kappa shape index (κ1) is 23.9. The zero-order valence-corrected chi connectivity index (χ0v) is 19.0. The first-order chi connectivity index (χ1) is 14.6. The van der Waals surface area contributed by atoms with E-state index in [1.165, 1.54) is 38.5 Å². The fourth-order valence-electron chi connectivity index (χ4n) is 3.57. The molecule has 1 amide bonds. The number of amides is 1. The van der Waals surface area contributed by atoms with Crippen molar-refractivity contribution in [3.05, 3.63) is 36.0 Å². The standard InChI is InChI=1S/C24H38N4O2/c1-5-7-9-14-28(15-10-8-6-2)18-19(3)25-24(29)23-17-22(26-27-23)20-12-11-13-21(16-20)30-4/h11-13,16-17,19H,5-10,14-15,18H2,1-4H3,(H,25,29)(H,26,27). The van der Waals surface area contributed by atoms with E-state index < -0.39 is 0 Å². The molecule has 0 bridgehead atoms. The van der Waals surface area contributed by atoms with Gasteiger partial charge in [0, 0.05) is 18.2 Å². The van der Waals surface area contributed by atoms with E-state index in [0.29, 0.717) is 5.69 Å². The van der Waals surface area contributed by atoms with Gasteiger partial charge in [0.15, 0.2) is 0 Å². The quantitative estimate of drug-likeness (QED) is 0.432. The van der Waals surface area contributed by atoms with Gasteiger partial charge in [-0.05, 0) is 51.1 Å². The Bertz CT molecular complexity index is 749. The van der Waals surface area contributed by atoms with Crippen LogP contribution in [0.4, 0.5) is 0 Å². The Labute approximate surface area is 181 Å². The number of carbonyl (C=O) groups is 1. The number of nitrogens with one attached hydrogen (secondary N) is 2. The maximum absolute atomic E-state index is 12.7. The number of unbranched alkanes of at least 4 members (excludes halogenated alkanes) is 4. The number of hydrogen-bond donors (Lipinski definition) is 2. The van der Waals surface area contributed by atoms with Crippen LogP contribution in [0.15, 0.2) is 30.3 Å². The van der Waals surface area contributed by atoms with E-state index in [-0.39, 0.29) is 11.9 Å². The SMILES string of the molecule is CCCCCN(CCCCC)CC(C)NC(=O)c1cc(-c2cccc(OC)c2)n[nH]1. The van der Waals surface area contributed by atoms with Crippen molar-refractivity contribution < 1.29 is 9.53 Å². The molecule has 0 aliphatic rings. The summed E-state index contributed by atoms with van der Waals surface area (Å²) in [6, 6.07) is 9.52. The van der Waals surface area contributed by atoms with Gasteiger partial charge in [-0.2, -0.15) is 5.10 Å². The minimum Gasteiger partial charge on any atom is -0.497 e. The molecule has 6 heteroatoms. The fraction of sp³-hybridized carbons (Fsp3) is 0.583. The van der Waals surface area contributed by atoms with Crippen LogP contribution in [0.3, 0.4) is 0 Å². The molecule has 166 valence electrons. The van der Waals surface area contributed by atoms with Crippen LogP contribution < -0.4 is 10.1 Å². The van der Waals surface area contributed by atoms with Crippen molar-refractivity contribution in [2.24, 2.45) is 0 Å². The van der Waals surface area contributed by atoms with Gasteiger partial charge in [0.25, 0.3) is 5.91 Å². The minimum absolute atomic E-state index is 0.0734. The molecule has 1 heterocycles. The second-order valence-corrected chi connectivity index (χ2v) is 7.99. The molecular weight excluding hydrogens is 376 g/mol. The van der Waals surface area contributed by atoms with Gasteiger partial charge in [0.2, 0.25) is 0 Å². The lowest BCUT2D eigenvalue weighted by Gasteiger charge is -2.26. The summed E-state index contributed by atoms with van der Waals surface area (Å²) in [4.78, 5) is 15.2. The summed E-state index contributed by atoms with van der Waals surface area (Å²) < 4.78 is 5.27. The van der Waals surface area contributed by atoms with Gasteiger partial charge in [-0.25, -0.2) is 0 Å². The predicted molar refractivity (Wildman–Crippen MR) is 123 cm³/mol. The number of ether oxygens (including phenoxy) is 1. The van der Waals surface area contributed by atoms with Gasteiger partial charge in [0.05, 0.1) is 12.8 Å². The highest BCUT2D eigenvalue weighted by Crippen LogP contribution is 2.22. The van der Waals surface area contributed by atoms with Crippen LogP contribution >= 0.6 is 0 Å². The Morgan fingerprint density at radius 3 is 2.47 bits per heavy atom. The number of H-pyrrole nitrogens is 1. The zero-order valence-electron chi connectivity index (χ0n) is 19.0. The molecule has 2 N–H and O–H groups in total. The third kappa shape index (κ3) is 7.82. The van der Waals surface area contributed by atoms with Gasteiger partial charge in [-0.15, -0.1) is 0 Å². The first-order valence-corrected chi connectivity index (χ1v) is 11.3. The van der Waals surface area contributed by atoms with E-state index in [1.807, 2.05) is 24.3 Å². The number of aromatic nitrogens is 2. The van der Waals surface area contributed by atoms with Crippen molar-refractivity contribution in [1.29, 1.82) is 0 Å². The topological polar surface area (TPSA) is 70.2 Å². The molecule has 6 nitrogen and oxygen atoms in total. The number of aromatic amines is 1. The lowest BCUT2D eigenvalue weighted by atomic mass is 10.1. The minimum atomic E-state index is -0.119. The van der Waals surface area contributed by atoms with Gasteiger partial charge in [-0.1, -0.05) is 51.7 Å². The summed E-state index contributed by atoms with van der Waals surface area (Å²) >= 11 is 0. The fourth-order valence-corrected chi connectivity index (χ4v) is 3.57. The molecule has 2 aromatic rings. The monoisotopic (exact) mass is 414 g/mol. The average Bonchev–Trinajstić information content (AvgIpc) is 3.24. The van der Waals surface area contributed by atoms with E-state index in [4.69, 9.17) is 4.74 Å². The molecule has 1 unspecified atom stereocenters. The first-order valence-electron chi connectivity index (χ1n) is 11.3. The van der Waals surface area contributed by atoms with E-state index in [9.17, 15) is 4.79 Å². The van der Waals surface area contributed by atoms with Crippen LogP contribution in [-0.2, 0) is 0 Å². The number of nitrogens with zero attached hydrogens (tertiary/aromatic N) is 2. The van der Waals surface area contributed by atoms with Crippen LogP contribution in [0.2, 0.25) is 0 Å². The van der Waals surface area contributed by atoms with Crippen LogP contribution in [0.5, 0.6) is 5.75 Å². The molecule has 0 aliphatic carbocycles. The highest BCUT2D eigenvalue weighted by molar-refractivity contribution is 5.93. The van der Waals surface area contributed by atoms with Crippen LogP contribution in [0.1, 0.15) is 69.8 Å². The number of carbonyl (C=O) groups excluding carboxylic acids is 1. The van der Waals surface area contributed by atoms with Crippen LogP contribution in [0, 0.1) is 0 Å². The number of hydrogen-bond acceptors (Lipinski definition) is 4. The van der Waals surface area contributed by atoms with E-state index in [1.54, 1.807) is 13.2 Å². The molecule has 0 aliphatic heterocycles. The second-order valence-electron chi connectivity index (χ2n) is 7.99. The molecule has 0 saturated carbocycles. The molecule has 0 spiro atoms. The molecule has 0 fully saturated rings. The lowest BCUT2D eigenvalue weighted by Crippen LogP contribution is -2.42. The Morgan fingerprint density at radius 2 is 1.83 bits per heavy atom. The molecule has 30 heavy (non-hydrogen) atoms. The zero-order chi connectivity index (χ0) is 21.8. The molecule has 1 aromatic carbocycles. The summed E-state index contributed by atoms with van der Waals surface area (Å²) in [5.74, 6) is 0.646. The highest BCUT2D eigenvalue weighted by atomic mass is 16.5. The molecule has 1 aromatic heterocycles. The van der Waals surface area contributed by atoms with Crippen molar-refractivity contribution in [3.8, 4) is 17.0 Å². The predicted octanol–water partition coefficient (Wildman–Crippen LogP) is 4.89. The lowest BCUT2D eigenvalue weighted by molar-refractivity contribution is 0.0923. The maximum atomic E-state index is 12.7. The van der Waals surface area contributed by atoms with Crippen molar-refractivity contribution >= 4 is 5.91 Å². The summed E-state index contributed by atoms with van der Waals surface area (Å²) in [5, 5.41) is 10.3. The Hall–Kier alpha value is -2.34. The van der Waals surface area contributed by atoms with Gasteiger partial charge < -0.3 is 15.0 Å². The van der Waals surface area contributed by atoms with Crippen LogP contribution in [0.25, 0.3) is 11.3 Å². The molecule has 0 saturated heterocycles. The van der Waals surface area contributed by atoms with Crippen molar-refractivity contribution in [1.82, 2.24) is 20.4 Å². The molecule has 1 atom stereocenters. The summed E-state index contributed by atoms with van der Waals surface area (Å²) in [6.45, 7) is 9.60. The van der Waals surface area contributed by atoms with Crippen molar-refractivity contribution in [2.45, 2.75) is 65.3 Å². The van der Waals surface area contributed by atoms with E-state index in [0.717, 1.165) is 36.6 Å². The Kier molecular flexibility index (Phi) is 10.4. The summed E-state index contributed by atoms with van der Waals surface area (Å²) in [6.07, 6.45) is 7.40. The maximum Gasteiger partial charge on any atom is 0.269 e. The van der Waals surface area contributed by atoms with Crippen molar-refractivity contribution in [3.63, 3.8) is 0 Å². The largest absolute Gasteiger partial charge is 0.497 e. The van der Waals surface area contributed by atoms with Gasteiger partial charge in [0.1, 0.15) is 11.4 Å². The average molecular weight is 415 g/mol. The molecule has 2 rings (SSSR count). The normalized spacial score (nSPS) is 12.2. The number of rotatable bonds is 14. The van der Waals surface area contributed by atoms with Crippen LogP contribution in [-0.4, -0.2) is 53.8 Å². The Balaban J connectivity index is 1.92. The van der Waals surface area contributed by atoms with Gasteiger partial charge in [-0.3, -0.25) is 9.89 Å². The highest BCUT2D eigenvalue weighted by Gasteiger charge is 2.16. The van der Waals surface area contributed by atoms with Crippen molar-refractivity contribution in [2.75, 3.05) is 26.7 Å². The number of methoxy groups -OCH3 is 1. The third-order valence-electron chi connectivity index (χ3n) is 5.25. The van der Waals surface area contributed by atoms with E-state index >= 15 is 0 Å². The third-order valence-corrected chi connectivity index (χ3v) is 5.25.